The van der Waals surface area contributed by atoms with E-state index >= 15 is 0 Å². The molecule has 0 aliphatic carbocycles. The number of hydrogen-bond acceptors (Lipinski definition) is 11. The lowest BCUT2D eigenvalue weighted by atomic mass is 9.77. The number of nitrogens with zero attached hydrogens (tertiary/aromatic N) is 4. The molecule has 5 rings (SSSR count). The maximum atomic E-state index is 13.5. The number of fused-ring (bicyclic) bond motifs is 2. The van der Waals surface area contributed by atoms with Crippen molar-refractivity contribution in [2.75, 3.05) is 26.1 Å². The van der Waals surface area contributed by atoms with Crippen LogP contribution in [0.5, 0.6) is 0 Å². The second-order valence-electron chi connectivity index (χ2n) is 11.0. The number of rotatable bonds is 13. The molecule has 242 valence electrons. The summed E-state index contributed by atoms with van der Waals surface area (Å²) in [5.74, 6) is -2.95. The van der Waals surface area contributed by atoms with Crippen molar-refractivity contribution in [2.24, 2.45) is 11.8 Å². The number of thiazole rings is 1. The largest absolute Gasteiger partial charge is 0.424 e. The number of amides is 1. The minimum absolute atomic E-state index is 0.0619. The van der Waals surface area contributed by atoms with E-state index in [-0.39, 0.29) is 28.0 Å². The topological polar surface area (TPSA) is 148 Å². The smallest absolute Gasteiger partial charge is 0.358 e. The SMILES string of the molecule is CCCN(CCC)S(=O)(=O)c1ccc(C(=O)OCOC(=O)C2=C(c3cn4cnc(SC)c4s3)[C@H](C)[C@@H]3[C@@H]([C@@H](C)O)C(=O)N23)cc1. The number of thioether (sulfide) groups is 1. The fraction of sp³-hybridized carbons (Fsp3) is 0.467. The summed E-state index contributed by atoms with van der Waals surface area (Å²) in [7, 11) is -3.71. The van der Waals surface area contributed by atoms with E-state index in [2.05, 4.69) is 4.98 Å². The molecule has 12 nitrogen and oxygen atoms in total. The summed E-state index contributed by atoms with van der Waals surface area (Å²) in [4.78, 5) is 46.8. The van der Waals surface area contributed by atoms with Crippen molar-refractivity contribution in [2.45, 2.75) is 62.6 Å². The highest BCUT2D eigenvalue weighted by molar-refractivity contribution is 7.98. The molecular formula is C30H36N4O8S3. The number of esters is 2. The van der Waals surface area contributed by atoms with Crippen LogP contribution in [-0.2, 0) is 29.1 Å². The van der Waals surface area contributed by atoms with Crippen LogP contribution in [-0.4, -0.2) is 88.2 Å². The first-order chi connectivity index (χ1) is 21.5. The van der Waals surface area contributed by atoms with E-state index in [1.54, 1.807) is 13.3 Å². The molecule has 1 aromatic carbocycles. The van der Waals surface area contributed by atoms with Crippen LogP contribution in [0.15, 0.2) is 52.4 Å². The van der Waals surface area contributed by atoms with Gasteiger partial charge in [0.1, 0.15) is 21.9 Å². The maximum absolute atomic E-state index is 13.5. The van der Waals surface area contributed by atoms with E-state index in [1.165, 1.54) is 56.6 Å². The molecule has 0 saturated carbocycles. The summed E-state index contributed by atoms with van der Waals surface area (Å²) in [5.41, 5.74) is 0.764. The van der Waals surface area contributed by atoms with Crippen molar-refractivity contribution in [1.29, 1.82) is 0 Å². The van der Waals surface area contributed by atoms with Crippen molar-refractivity contribution in [3.8, 4) is 0 Å². The van der Waals surface area contributed by atoms with Crippen LogP contribution in [0.4, 0.5) is 0 Å². The fourth-order valence-corrected chi connectivity index (χ4v) is 9.52. The van der Waals surface area contributed by atoms with Gasteiger partial charge in [0, 0.05) is 30.8 Å². The molecule has 4 atom stereocenters. The molecule has 15 heteroatoms. The number of aliphatic hydroxyl groups excluding tert-OH is 1. The molecule has 1 saturated heterocycles. The quantitative estimate of drug-likeness (QED) is 0.123. The third kappa shape index (κ3) is 5.91. The standard InChI is InChI=1S/C30H36N4O8S3/c1-6-12-33(13-7-2)45(39,40)20-10-8-19(9-11-20)29(37)41-16-42-30(38)25-22(17(3)24-23(18(4)35)27(36)34(24)25)21-14-32-15-31-26(43-5)28(32)44-21/h8-11,14-15,17-18,23-24,35H,6-7,12-13,16H2,1-5H3/t17-,18+,23+,24+/m0/s1. The zero-order chi connectivity index (χ0) is 32.6. The second-order valence-corrected chi connectivity index (χ2v) is 14.8. The predicted octanol–water partition coefficient (Wildman–Crippen LogP) is 3.85. The first-order valence-electron chi connectivity index (χ1n) is 14.7. The van der Waals surface area contributed by atoms with Gasteiger partial charge in [-0.05, 0) is 50.3 Å². The number of sulfonamides is 1. The average molecular weight is 677 g/mol. The van der Waals surface area contributed by atoms with E-state index in [0.717, 1.165) is 14.7 Å². The van der Waals surface area contributed by atoms with Gasteiger partial charge in [0.2, 0.25) is 22.7 Å². The highest BCUT2D eigenvalue weighted by atomic mass is 32.2. The van der Waals surface area contributed by atoms with Crippen LogP contribution in [0.3, 0.4) is 0 Å². The van der Waals surface area contributed by atoms with Gasteiger partial charge in [-0.1, -0.05) is 20.8 Å². The number of carbonyl (C=O) groups is 3. The van der Waals surface area contributed by atoms with Crippen LogP contribution < -0.4 is 0 Å². The van der Waals surface area contributed by atoms with Crippen molar-refractivity contribution in [3.63, 3.8) is 0 Å². The number of hydrogen-bond donors (Lipinski definition) is 1. The summed E-state index contributed by atoms with van der Waals surface area (Å²) in [6.07, 6.45) is 5.92. The van der Waals surface area contributed by atoms with Gasteiger partial charge in [-0.2, -0.15) is 4.31 Å². The molecule has 0 spiro atoms. The third-order valence-electron chi connectivity index (χ3n) is 8.06. The lowest BCUT2D eigenvalue weighted by Crippen LogP contribution is -2.63. The molecule has 1 amide bonds. The highest BCUT2D eigenvalue weighted by Crippen LogP contribution is 2.52. The number of benzene rings is 1. The molecular weight excluding hydrogens is 641 g/mol. The van der Waals surface area contributed by atoms with Crippen molar-refractivity contribution in [3.05, 3.63) is 52.9 Å². The average Bonchev–Trinajstić information content (AvgIpc) is 3.66. The van der Waals surface area contributed by atoms with Crippen LogP contribution in [0.1, 0.15) is 55.8 Å². The number of carbonyl (C=O) groups excluding carboxylic acids is 3. The summed E-state index contributed by atoms with van der Waals surface area (Å²) < 4.78 is 39.9. The fourth-order valence-electron chi connectivity index (χ4n) is 5.98. The highest BCUT2D eigenvalue weighted by Gasteiger charge is 2.60. The normalized spacial score (nSPS) is 20.5. The number of imidazole rings is 1. The number of β-lactam (4-membered cyclic amide) rings is 1. The van der Waals surface area contributed by atoms with Crippen molar-refractivity contribution >= 4 is 61.4 Å². The Morgan fingerprint density at radius 2 is 1.78 bits per heavy atom. The Balaban J connectivity index is 1.32. The summed E-state index contributed by atoms with van der Waals surface area (Å²) in [6.45, 7) is 7.35. The van der Waals surface area contributed by atoms with Crippen LogP contribution in [0, 0.1) is 11.8 Å². The van der Waals surface area contributed by atoms with Crippen LogP contribution in [0.2, 0.25) is 0 Å². The summed E-state index contributed by atoms with van der Waals surface area (Å²) >= 11 is 2.94. The molecule has 0 radical (unpaired) electrons. The van der Waals surface area contributed by atoms with Gasteiger partial charge in [-0.25, -0.2) is 23.0 Å². The second kappa shape index (κ2) is 13.2. The Bertz CT molecular complexity index is 1740. The first kappa shape index (κ1) is 33.1. The molecule has 0 bridgehead atoms. The van der Waals surface area contributed by atoms with Gasteiger partial charge in [-0.3, -0.25) is 9.20 Å². The Labute approximate surface area is 270 Å². The van der Waals surface area contributed by atoms with E-state index in [0.29, 0.717) is 31.5 Å². The molecule has 1 N–H and O–H groups in total. The number of aromatic nitrogens is 2. The van der Waals surface area contributed by atoms with Gasteiger partial charge >= 0.3 is 11.9 Å². The summed E-state index contributed by atoms with van der Waals surface area (Å²) in [6, 6.07) is 4.98. The van der Waals surface area contributed by atoms with E-state index in [1.807, 2.05) is 37.6 Å². The molecule has 4 heterocycles. The molecule has 45 heavy (non-hydrogen) atoms. The number of ether oxygens (including phenoxy) is 2. The van der Waals surface area contributed by atoms with Gasteiger partial charge in [0.05, 0.1) is 33.4 Å². The summed E-state index contributed by atoms with van der Waals surface area (Å²) in [5, 5.41) is 11.1. The Morgan fingerprint density at radius 3 is 2.38 bits per heavy atom. The lowest BCUT2D eigenvalue weighted by molar-refractivity contribution is -0.166. The van der Waals surface area contributed by atoms with E-state index < -0.39 is 46.8 Å². The van der Waals surface area contributed by atoms with Gasteiger partial charge in [0.15, 0.2) is 0 Å². The first-order valence-corrected chi connectivity index (χ1v) is 18.1. The van der Waals surface area contributed by atoms with Crippen molar-refractivity contribution < 1.29 is 37.4 Å². The maximum Gasteiger partial charge on any atom is 0.358 e. The molecule has 2 aromatic heterocycles. The number of aliphatic hydroxyl groups is 1. The molecule has 3 aromatic rings. The van der Waals surface area contributed by atoms with E-state index in [4.69, 9.17) is 9.47 Å². The molecule has 0 unspecified atom stereocenters. The van der Waals surface area contributed by atoms with Crippen LogP contribution >= 0.6 is 23.1 Å². The molecule has 1 fully saturated rings. The van der Waals surface area contributed by atoms with Crippen LogP contribution in [0.25, 0.3) is 10.4 Å². The Hall–Kier alpha value is -3.24. The minimum Gasteiger partial charge on any atom is -0.424 e. The molecule has 2 aliphatic rings. The van der Waals surface area contributed by atoms with Gasteiger partial charge in [0.25, 0.3) is 0 Å². The lowest BCUT2D eigenvalue weighted by Gasteiger charge is -2.46. The zero-order valence-corrected chi connectivity index (χ0v) is 28.1. The zero-order valence-electron chi connectivity index (χ0n) is 25.6. The monoisotopic (exact) mass is 676 g/mol. The third-order valence-corrected chi connectivity index (χ3v) is 11.9. The van der Waals surface area contributed by atoms with E-state index in [9.17, 15) is 27.9 Å². The minimum atomic E-state index is -3.71. The van der Waals surface area contributed by atoms with Gasteiger partial charge in [-0.15, -0.1) is 23.1 Å². The Morgan fingerprint density at radius 1 is 1.13 bits per heavy atom. The predicted molar refractivity (Wildman–Crippen MR) is 169 cm³/mol. The Kier molecular flexibility index (Phi) is 9.75. The molecule has 2 aliphatic heterocycles. The van der Waals surface area contributed by atoms with Crippen molar-refractivity contribution in [1.82, 2.24) is 18.6 Å². The van der Waals surface area contributed by atoms with Gasteiger partial charge < -0.3 is 19.5 Å².